The number of aliphatic hydroxyl groups is 1. The van der Waals surface area contributed by atoms with Gasteiger partial charge in [0.1, 0.15) is 0 Å². The standard InChI is InChI=1S/C10H13NOS/c1-7-10(6-12)13-9-5-3-2-4-8(9)11-7/h2-5,7,10-12H,6H2,1H3. The van der Waals surface area contributed by atoms with Crippen LogP contribution in [0.1, 0.15) is 6.92 Å². The van der Waals surface area contributed by atoms with Crippen molar-refractivity contribution in [2.24, 2.45) is 0 Å². The van der Waals surface area contributed by atoms with E-state index in [0.29, 0.717) is 6.04 Å². The van der Waals surface area contributed by atoms with Crippen molar-refractivity contribution in [1.82, 2.24) is 0 Å². The maximum absolute atomic E-state index is 9.13. The molecule has 2 rings (SSSR count). The molecule has 70 valence electrons. The van der Waals surface area contributed by atoms with Crippen LogP contribution in [0.25, 0.3) is 0 Å². The number of benzene rings is 1. The molecule has 3 heteroatoms. The predicted octanol–water partition coefficient (Wildman–Crippen LogP) is 1.95. The highest BCUT2D eigenvalue weighted by atomic mass is 32.2. The summed E-state index contributed by atoms with van der Waals surface area (Å²) < 4.78 is 0. The molecule has 0 saturated heterocycles. The van der Waals surface area contributed by atoms with E-state index in [1.54, 1.807) is 11.8 Å². The maximum Gasteiger partial charge on any atom is 0.0573 e. The van der Waals surface area contributed by atoms with Gasteiger partial charge in [-0.2, -0.15) is 0 Å². The zero-order valence-corrected chi connectivity index (χ0v) is 8.34. The van der Waals surface area contributed by atoms with Crippen molar-refractivity contribution in [3.05, 3.63) is 24.3 Å². The molecule has 0 spiro atoms. The Morgan fingerprint density at radius 2 is 2.23 bits per heavy atom. The van der Waals surface area contributed by atoms with E-state index in [0.717, 1.165) is 0 Å². The summed E-state index contributed by atoms with van der Waals surface area (Å²) in [6.07, 6.45) is 0. The quantitative estimate of drug-likeness (QED) is 0.718. The molecular weight excluding hydrogens is 182 g/mol. The summed E-state index contributed by atoms with van der Waals surface area (Å²) in [5.41, 5.74) is 1.18. The third-order valence-electron chi connectivity index (χ3n) is 2.29. The Labute approximate surface area is 82.4 Å². The molecule has 2 nitrogen and oxygen atoms in total. The largest absolute Gasteiger partial charge is 0.395 e. The molecule has 0 radical (unpaired) electrons. The lowest BCUT2D eigenvalue weighted by Gasteiger charge is -2.30. The van der Waals surface area contributed by atoms with Crippen LogP contribution >= 0.6 is 11.8 Å². The van der Waals surface area contributed by atoms with Gasteiger partial charge in [0.15, 0.2) is 0 Å². The average Bonchev–Trinajstić information content (AvgIpc) is 2.17. The van der Waals surface area contributed by atoms with Crippen molar-refractivity contribution in [1.29, 1.82) is 0 Å². The van der Waals surface area contributed by atoms with E-state index in [1.807, 2.05) is 12.1 Å². The van der Waals surface area contributed by atoms with Gasteiger partial charge in [-0.3, -0.25) is 0 Å². The van der Waals surface area contributed by atoms with Gasteiger partial charge in [0.25, 0.3) is 0 Å². The fraction of sp³-hybridized carbons (Fsp3) is 0.400. The smallest absolute Gasteiger partial charge is 0.0573 e. The van der Waals surface area contributed by atoms with Crippen LogP contribution in [0.5, 0.6) is 0 Å². The van der Waals surface area contributed by atoms with Crippen molar-refractivity contribution < 1.29 is 5.11 Å². The lowest BCUT2D eigenvalue weighted by Crippen LogP contribution is -2.34. The normalized spacial score (nSPS) is 26.3. The second kappa shape index (κ2) is 3.60. The van der Waals surface area contributed by atoms with Crippen LogP contribution < -0.4 is 5.32 Å². The molecule has 2 atom stereocenters. The number of fused-ring (bicyclic) bond motifs is 1. The highest BCUT2D eigenvalue weighted by molar-refractivity contribution is 8.00. The summed E-state index contributed by atoms with van der Waals surface area (Å²) in [6, 6.07) is 8.55. The summed E-state index contributed by atoms with van der Waals surface area (Å²) >= 11 is 1.75. The van der Waals surface area contributed by atoms with Crippen molar-refractivity contribution in [3.63, 3.8) is 0 Å². The Morgan fingerprint density at radius 1 is 1.46 bits per heavy atom. The van der Waals surface area contributed by atoms with Gasteiger partial charge in [0, 0.05) is 16.6 Å². The Hall–Kier alpha value is -0.670. The highest BCUT2D eigenvalue weighted by Gasteiger charge is 2.24. The molecule has 1 heterocycles. The number of thioether (sulfide) groups is 1. The first kappa shape index (κ1) is 8.91. The third kappa shape index (κ3) is 1.67. The lowest BCUT2D eigenvalue weighted by molar-refractivity contribution is 0.287. The molecule has 1 aliphatic heterocycles. The van der Waals surface area contributed by atoms with Crippen LogP contribution in [0.15, 0.2) is 29.2 Å². The molecule has 1 aliphatic rings. The van der Waals surface area contributed by atoms with Crippen LogP contribution in [0.4, 0.5) is 5.69 Å². The van der Waals surface area contributed by atoms with E-state index >= 15 is 0 Å². The number of hydrogen-bond acceptors (Lipinski definition) is 3. The summed E-state index contributed by atoms with van der Waals surface area (Å²) in [5.74, 6) is 0. The van der Waals surface area contributed by atoms with Crippen molar-refractivity contribution >= 4 is 17.4 Å². The SMILES string of the molecule is CC1Nc2ccccc2SC1CO. The Balaban J connectivity index is 2.27. The van der Waals surface area contributed by atoms with E-state index in [2.05, 4.69) is 24.4 Å². The molecule has 2 N–H and O–H groups in total. The molecule has 0 amide bonds. The molecule has 0 aliphatic carbocycles. The maximum atomic E-state index is 9.13. The summed E-state index contributed by atoms with van der Waals surface area (Å²) in [6.45, 7) is 2.33. The first-order chi connectivity index (χ1) is 6.31. The van der Waals surface area contributed by atoms with E-state index in [4.69, 9.17) is 5.11 Å². The monoisotopic (exact) mass is 195 g/mol. The number of hydrogen-bond donors (Lipinski definition) is 2. The number of nitrogens with one attached hydrogen (secondary N) is 1. The van der Waals surface area contributed by atoms with Crippen LogP contribution in [0, 0.1) is 0 Å². The number of aliphatic hydroxyl groups excluding tert-OH is 1. The molecule has 0 bridgehead atoms. The van der Waals surface area contributed by atoms with E-state index in [-0.39, 0.29) is 11.9 Å². The van der Waals surface area contributed by atoms with Gasteiger partial charge in [0.05, 0.1) is 11.9 Å². The molecule has 0 fully saturated rings. The molecule has 1 aromatic rings. The van der Waals surface area contributed by atoms with E-state index in [1.165, 1.54) is 10.6 Å². The molecule has 1 aromatic carbocycles. The molecule has 0 aromatic heterocycles. The topological polar surface area (TPSA) is 32.3 Å². The minimum absolute atomic E-state index is 0.229. The lowest BCUT2D eigenvalue weighted by atomic mass is 10.2. The van der Waals surface area contributed by atoms with Crippen LogP contribution in [0.3, 0.4) is 0 Å². The predicted molar refractivity (Wildman–Crippen MR) is 56.3 cm³/mol. The first-order valence-corrected chi connectivity index (χ1v) is 5.32. The zero-order chi connectivity index (χ0) is 9.26. The number of para-hydroxylation sites is 1. The van der Waals surface area contributed by atoms with Gasteiger partial charge in [-0.05, 0) is 19.1 Å². The Bertz CT molecular complexity index is 303. The first-order valence-electron chi connectivity index (χ1n) is 4.44. The van der Waals surface area contributed by atoms with Crippen LogP contribution in [-0.4, -0.2) is 23.0 Å². The van der Waals surface area contributed by atoms with Crippen molar-refractivity contribution in [2.45, 2.75) is 23.1 Å². The highest BCUT2D eigenvalue weighted by Crippen LogP contribution is 2.36. The molecule has 2 unspecified atom stereocenters. The number of anilines is 1. The van der Waals surface area contributed by atoms with Gasteiger partial charge in [-0.15, -0.1) is 11.8 Å². The fourth-order valence-electron chi connectivity index (χ4n) is 1.49. The summed E-state index contributed by atoms with van der Waals surface area (Å²) in [5, 5.41) is 12.8. The molecule has 0 saturated carbocycles. The van der Waals surface area contributed by atoms with E-state index in [9.17, 15) is 0 Å². The minimum atomic E-state index is 0.229. The van der Waals surface area contributed by atoms with Gasteiger partial charge in [-0.1, -0.05) is 12.1 Å². The summed E-state index contributed by atoms with van der Waals surface area (Å²) in [4.78, 5) is 1.24. The van der Waals surface area contributed by atoms with Gasteiger partial charge >= 0.3 is 0 Å². The molecular formula is C10H13NOS. The average molecular weight is 195 g/mol. The summed E-state index contributed by atoms with van der Waals surface area (Å²) in [7, 11) is 0. The minimum Gasteiger partial charge on any atom is -0.395 e. The van der Waals surface area contributed by atoms with Crippen LogP contribution in [-0.2, 0) is 0 Å². The third-order valence-corrected chi connectivity index (χ3v) is 3.76. The molecule has 13 heavy (non-hydrogen) atoms. The fourth-order valence-corrected chi connectivity index (χ4v) is 2.57. The van der Waals surface area contributed by atoms with Crippen molar-refractivity contribution in [2.75, 3.05) is 11.9 Å². The van der Waals surface area contributed by atoms with Gasteiger partial charge in [-0.25, -0.2) is 0 Å². The Kier molecular flexibility index (Phi) is 2.47. The van der Waals surface area contributed by atoms with E-state index < -0.39 is 0 Å². The Morgan fingerprint density at radius 3 is 3.00 bits per heavy atom. The van der Waals surface area contributed by atoms with Crippen molar-refractivity contribution in [3.8, 4) is 0 Å². The van der Waals surface area contributed by atoms with Gasteiger partial charge < -0.3 is 10.4 Å². The zero-order valence-electron chi connectivity index (χ0n) is 7.53. The number of rotatable bonds is 1. The second-order valence-electron chi connectivity index (χ2n) is 3.27. The van der Waals surface area contributed by atoms with Crippen LogP contribution in [0.2, 0.25) is 0 Å². The van der Waals surface area contributed by atoms with Gasteiger partial charge in [0.2, 0.25) is 0 Å². The second-order valence-corrected chi connectivity index (χ2v) is 4.55.